The molecule has 1 fully saturated rings. The van der Waals surface area contributed by atoms with Crippen LogP contribution >= 0.6 is 11.6 Å². The lowest BCUT2D eigenvalue weighted by Crippen LogP contribution is -2.35. The molecule has 0 bridgehead atoms. The molecule has 4 aromatic rings. The zero-order valence-corrected chi connectivity index (χ0v) is 16.5. The Balaban J connectivity index is 1.76. The summed E-state index contributed by atoms with van der Waals surface area (Å²) < 4.78 is 9.96. The highest BCUT2D eigenvalue weighted by molar-refractivity contribution is 6.31. The Kier molecular flexibility index (Phi) is 4.06. The minimum Gasteiger partial charge on any atom is -0.375 e. The fourth-order valence-electron chi connectivity index (χ4n) is 4.12. The van der Waals surface area contributed by atoms with Crippen molar-refractivity contribution in [3.8, 4) is 0 Å². The van der Waals surface area contributed by atoms with Crippen LogP contribution in [0.15, 0.2) is 30.7 Å². The van der Waals surface area contributed by atoms with Gasteiger partial charge in [0.25, 0.3) is 0 Å². The second kappa shape index (κ2) is 6.49. The predicted octanol–water partition coefficient (Wildman–Crippen LogP) is 3.40. The summed E-state index contributed by atoms with van der Waals surface area (Å²) in [7, 11) is 0. The van der Waals surface area contributed by atoms with Crippen molar-refractivity contribution in [2.45, 2.75) is 44.9 Å². The zero-order valence-electron chi connectivity index (χ0n) is 15.7. The van der Waals surface area contributed by atoms with Gasteiger partial charge in [0, 0.05) is 23.1 Å². The van der Waals surface area contributed by atoms with E-state index >= 15 is 0 Å². The first-order chi connectivity index (χ1) is 13.5. The van der Waals surface area contributed by atoms with Crippen molar-refractivity contribution in [1.29, 1.82) is 0 Å². The number of hydrogen-bond donors (Lipinski definition) is 0. The molecule has 1 unspecified atom stereocenters. The van der Waals surface area contributed by atoms with Gasteiger partial charge < -0.3 is 9.30 Å². The molecule has 1 aliphatic heterocycles. The number of rotatable bonds is 3. The second-order valence-corrected chi connectivity index (χ2v) is 8.25. The quantitative estimate of drug-likeness (QED) is 0.526. The van der Waals surface area contributed by atoms with Gasteiger partial charge in [0.05, 0.1) is 22.8 Å². The van der Waals surface area contributed by atoms with Gasteiger partial charge in [-0.1, -0.05) is 11.6 Å². The number of ether oxygens (including phenoxy) is 1. The van der Waals surface area contributed by atoms with Crippen LogP contribution in [0.3, 0.4) is 0 Å². The third-order valence-corrected chi connectivity index (χ3v) is 5.52. The highest BCUT2D eigenvalue weighted by Crippen LogP contribution is 2.37. The maximum absolute atomic E-state index is 6.32. The molecule has 1 saturated heterocycles. The van der Waals surface area contributed by atoms with E-state index in [0.717, 1.165) is 40.6 Å². The molecule has 4 heterocycles. The van der Waals surface area contributed by atoms with Crippen molar-refractivity contribution in [2.75, 3.05) is 6.61 Å². The van der Waals surface area contributed by atoms with Crippen LogP contribution in [0.5, 0.6) is 0 Å². The lowest BCUT2D eigenvalue weighted by atomic mass is 9.93. The molecule has 0 amide bonds. The molecule has 1 aliphatic rings. The summed E-state index contributed by atoms with van der Waals surface area (Å²) in [6.45, 7) is 5.47. The number of tetrazole rings is 1. The van der Waals surface area contributed by atoms with Crippen molar-refractivity contribution < 1.29 is 4.74 Å². The summed E-state index contributed by atoms with van der Waals surface area (Å²) in [6.07, 6.45) is 5.24. The van der Waals surface area contributed by atoms with Gasteiger partial charge in [-0.15, -0.1) is 5.10 Å². The van der Waals surface area contributed by atoms with Gasteiger partial charge in [-0.25, -0.2) is 9.67 Å². The van der Waals surface area contributed by atoms with E-state index < -0.39 is 0 Å². The molecule has 9 heteroatoms. The molecule has 1 atom stereocenters. The van der Waals surface area contributed by atoms with Crippen LogP contribution in [0.2, 0.25) is 5.02 Å². The molecule has 144 valence electrons. The fraction of sp³-hybridized carbons (Fsp3) is 0.421. The average Bonchev–Trinajstić information content (AvgIpc) is 3.28. The standard InChI is InChI=1S/C19H20ClN7O/c1-19(2)8-13(5-6-28-19)27-17(10-26-11-22-24-25-26)23-16-9-21-15-4-3-12(20)7-14(15)18(16)27/h3-4,7,9,11,13H,5-6,8,10H2,1-2H3. The Morgan fingerprint density at radius 2 is 2.18 bits per heavy atom. The van der Waals surface area contributed by atoms with E-state index in [9.17, 15) is 0 Å². The molecular formula is C19H20ClN7O. The highest BCUT2D eigenvalue weighted by atomic mass is 35.5. The van der Waals surface area contributed by atoms with Crippen molar-refractivity contribution >= 4 is 33.5 Å². The third-order valence-electron chi connectivity index (χ3n) is 5.28. The van der Waals surface area contributed by atoms with E-state index in [1.54, 1.807) is 11.0 Å². The summed E-state index contributed by atoms with van der Waals surface area (Å²) in [4.78, 5) is 9.46. The van der Waals surface area contributed by atoms with Crippen LogP contribution in [0.25, 0.3) is 21.9 Å². The molecule has 5 rings (SSSR count). The first-order valence-electron chi connectivity index (χ1n) is 9.30. The van der Waals surface area contributed by atoms with Crippen LogP contribution in [-0.2, 0) is 11.3 Å². The number of halogens is 1. The minimum absolute atomic E-state index is 0.188. The molecule has 28 heavy (non-hydrogen) atoms. The van der Waals surface area contributed by atoms with Crippen LogP contribution in [0.4, 0.5) is 0 Å². The molecule has 0 aliphatic carbocycles. The Bertz CT molecular complexity index is 1150. The summed E-state index contributed by atoms with van der Waals surface area (Å²) in [5.41, 5.74) is 2.62. The Morgan fingerprint density at radius 1 is 1.29 bits per heavy atom. The van der Waals surface area contributed by atoms with E-state index in [4.69, 9.17) is 21.3 Å². The number of benzene rings is 1. The number of pyridine rings is 1. The SMILES string of the molecule is CC1(C)CC(n2c(Cn3cnnn3)nc3cnc4ccc(Cl)cc4c32)CCO1. The Hall–Kier alpha value is -2.58. The minimum atomic E-state index is -0.188. The van der Waals surface area contributed by atoms with Crippen molar-refractivity contribution in [3.63, 3.8) is 0 Å². The van der Waals surface area contributed by atoms with Gasteiger partial charge in [-0.2, -0.15) is 0 Å². The number of hydrogen-bond acceptors (Lipinski definition) is 6. The van der Waals surface area contributed by atoms with Crippen LogP contribution in [0, 0.1) is 0 Å². The van der Waals surface area contributed by atoms with Crippen LogP contribution in [-0.4, -0.2) is 47.0 Å². The highest BCUT2D eigenvalue weighted by Gasteiger charge is 2.32. The maximum atomic E-state index is 6.32. The van der Waals surface area contributed by atoms with Gasteiger partial charge in [0.15, 0.2) is 0 Å². The van der Waals surface area contributed by atoms with E-state index in [1.807, 2.05) is 24.4 Å². The van der Waals surface area contributed by atoms with Gasteiger partial charge in [-0.3, -0.25) is 4.98 Å². The van der Waals surface area contributed by atoms with Crippen LogP contribution in [0.1, 0.15) is 38.6 Å². The summed E-state index contributed by atoms with van der Waals surface area (Å²) in [6, 6.07) is 6.03. The van der Waals surface area contributed by atoms with E-state index in [-0.39, 0.29) is 11.6 Å². The molecular weight excluding hydrogens is 378 g/mol. The largest absolute Gasteiger partial charge is 0.375 e. The van der Waals surface area contributed by atoms with Crippen LogP contribution < -0.4 is 0 Å². The number of aromatic nitrogens is 7. The predicted molar refractivity (Wildman–Crippen MR) is 105 cm³/mol. The summed E-state index contributed by atoms with van der Waals surface area (Å²) in [5, 5.41) is 13.2. The first-order valence-corrected chi connectivity index (χ1v) is 9.68. The van der Waals surface area contributed by atoms with E-state index in [0.29, 0.717) is 18.2 Å². The zero-order chi connectivity index (χ0) is 19.3. The number of nitrogens with zero attached hydrogens (tertiary/aromatic N) is 7. The molecule has 3 aromatic heterocycles. The van der Waals surface area contributed by atoms with E-state index in [2.05, 4.69) is 38.9 Å². The van der Waals surface area contributed by atoms with Crippen molar-refractivity contribution in [3.05, 3.63) is 41.6 Å². The molecule has 0 spiro atoms. The lowest BCUT2D eigenvalue weighted by Gasteiger charge is -2.37. The number of fused-ring (bicyclic) bond motifs is 3. The topological polar surface area (TPSA) is 83.5 Å². The fourth-order valence-corrected chi connectivity index (χ4v) is 4.29. The number of imidazole rings is 1. The Morgan fingerprint density at radius 3 is 2.96 bits per heavy atom. The molecule has 0 saturated carbocycles. The first kappa shape index (κ1) is 17.5. The molecule has 0 N–H and O–H groups in total. The van der Waals surface area contributed by atoms with Gasteiger partial charge in [0.2, 0.25) is 0 Å². The second-order valence-electron chi connectivity index (χ2n) is 7.81. The third kappa shape index (κ3) is 3.02. The van der Waals surface area contributed by atoms with Gasteiger partial charge >= 0.3 is 0 Å². The normalized spacial score (nSPS) is 19.5. The molecule has 1 aromatic carbocycles. The Labute approximate surface area is 166 Å². The lowest BCUT2D eigenvalue weighted by molar-refractivity contribution is -0.0688. The smallest absolute Gasteiger partial charge is 0.138 e. The molecule has 8 nitrogen and oxygen atoms in total. The summed E-state index contributed by atoms with van der Waals surface area (Å²) in [5.74, 6) is 0.902. The van der Waals surface area contributed by atoms with Crippen molar-refractivity contribution in [2.24, 2.45) is 0 Å². The average molecular weight is 398 g/mol. The summed E-state index contributed by atoms with van der Waals surface area (Å²) >= 11 is 6.32. The van der Waals surface area contributed by atoms with Gasteiger partial charge in [0.1, 0.15) is 24.2 Å². The monoisotopic (exact) mass is 397 g/mol. The maximum Gasteiger partial charge on any atom is 0.138 e. The van der Waals surface area contributed by atoms with Crippen molar-refractivity contribution in [1.82, 2.24) is 34.7 Å². The van der Waals surface area contributed by atoms with Gasteiger partial charge in [-0.05, 0) is 55.3 Å². The van der Waals surface area contributed by atoms with E-state index in [1.165, 1.54) is 0 Å². The molecule has 0 radical (unpaired) electrons.